The number of aliphatic carboxylic acids is 1. The summed E-state index contributed by atoms with van der Waals surface area (Å²) < 4.78 is 24.3. The number of thiazole rings is 1. The van der Waals surface area contributed by atoms with Gasteiger partial charge in [-0.15, -0.1) is 11.3 Å². The molecule has 0 aliphatic heterocycles. The molecule has 0 saturated carbocycles. The average Bonchev–Trinajstić information content (AvgIpc) is 2.48. The van der Waals surface area contributed by atoms with Crippen molar-refractivity contribution in [3.8, 4) is 0 Å². The van der Waals surface area contributed by atoms with E-state index < -0.39 is 21.7 Å². The summed E-state index contributed by atoms with van der Waals surface area (Å²) in [6, 6.07) is 0. The van der Waals surface area contributed by atoms with Gasteiger partial charge in [-0.3, -0.25) is 14.3 Å². The molecular weight excluding hydrogens is 256 g/mol. The molecule has 0 unspecified atom stereocenters. The molecule has 1 aromatic rings. The molecule has 0 bridgehead atoms. The maximum Gasteiger partial charge on any atom is 0.320 e. The Hall–Kier alpha value is -1.48. The molecule has 16 heavy (non-hydrogen) atoms. The molecule has 9 heteroatoms. The summed E-state index contributed by atoms with van der Waals surface area (Å²) in [5.41, 5.74) is 0.137. The van der Waals surface area contributed by atoms with E-state index in [1.165, 1.54) is 12.3 Å². The SMILES string of the molecule is CC(=O)c1csc(NS(=O)(=O)CC(=O)O)n1. The number of anilines is 1. The molecule has 2 N–H and O–H groups in total. The molecule has 0 aromatic carbocycles. The average molecular weight is 264 g/mol. The molecule has 0 fully saturated rings. The number of nitrogens with zero attached hydrogens (tertiary/aromatic N) is 1. The molecule has 0 saturated heterocycles. The summed E-state index contributed by atoms with van der Waals surface area (Å²) in [4.78, 5) is 24.8. The maximum atomic E-state index is 11.2. The van der Waals surface area contributed by atoms with Crippen LogP contribution in [-0.2, 0) is 14.8 Å². The number of ketones is 1. The van der Waals surface area contributed by atoms with E-state index in [1.807, 2.05) is 4.72 Å². The molecule has 1 aromatic heterocycles. The first-order valence-electron chi connectivity index (χ1n) is 3.99. The van der Waals surface area contributed by atoms with Crippen molar-refractivity contribution >= 4 is 38.2 Å². The van der Waals surface area contributed by atoms with Crippen LogP contribution < -0.4 is 4.72 Å². The van der Waals surface area contributed by atoms with E-state index in [0.29, 0.717) is 0 Å². The summed E-state index contributed by atoms with van der Waals surface area (Å²) in [6.07, 6.45) is 0. The van der Waals surface area contributed by atoms with Gasteiger partial charge in [0.25, 0.3) is 0 Å². The third-order valence-electron chi connectivity index (χ3n) is 1.42. The number of nitrogens with one attached hydrogen (secondary N) is 1. The second-order valence-electron chi connectivity index (χ2n) is 2.85. The van der Waals surface area contributed by atoms with E-state index in [4.69, 9.17) is 5.11 Å². The number of sulfonamides is 1. The van der Waals surface area contributed by atoms with Crippen molar-refractivity contribution in [2.75, 3.05) is 10.5 Å². The van der Waals surface area contributed by atoms with Crippen molar-refractivity contribution in [3.05, 3.63) is 11.1 Å². The topological polar surface area (TPSA) is 113 Å². The monoisotopic (exact) mass is 264 g/mol. The first kappa shape index (κ1) is 12.6. The van der Waals surface area contributed by atoms with Crippen LogP contribution in [0, 0.1) is 0 Å². The van der Waals surface area contributed by atoms with Crippen LogP contribution in [0.2, 0.25) is 0 Å². The van der Waals surface area contributed by atoms with Gasteiger partial charge in [0.2, 0.25) is 10.0 Å². The van der Waals surface area contributed by atoms with Crippen LogP contribution in [0.3, 0.4) is 0 Å². The first-order valence-corrected chi connectivity index (χ1v) is 6.52. The minimum absolute atomic E-state index is 0.0218. The quantitative estimate of drug-likeness (QED) is 0.733. The van der Waals surface area contributed by atoms with Crippen molar-refractivity contribution in [3.63, 3.8) is 0 Å². The van der Waals surface area contributed by atoms with Gasteiger partial charge in [-0.2, -0.15) is 0 Å². The van der Waals surface area contributed by atoms with Gasteiger partial charge in [0.05, 0.1) is 0 Å². The lowest BCUT2D eigenvalue weighted by molar-refractivity contribution is -0.134. The number of carbonyl (C=O) groups is 2. The van der Waals surface area contributed by atoms with Crippen LogP contribution in [0.25, 0.3) is 0 Å². The Morgan fingerprint density at radius 3 is 2.62 bits per heavy atom. The highest BCUT2D eigenvalue weighted by Crippen LogP contribution is 2.17. The molecular formula is C7H8N2O5S2. The first-order chi connectivity index (χ1) is 7.30. The van der Waals surface area contributed by atoms with Crippen molar-refractivity contribution < 1.29 is 23.1 Å². The number of aromatic nitrogens is 1. The fraction of sp³-hybridized carbons (Fsp3) is 0.286. The number of carboxylic acid groups (broad SMARTS) is 1. The molecule has 88 valence electrons. The third kappa shape index (κ3) is 3.59. The predicted molar refractivity (Wildman–Crippen MR) is 57.2 cm³/mol. The largest absolute Gasteiger partial charge is 0.480 e. The minimum Gasteiger partial charge on any atom is -0.480 e. The van der Waals surface area contributed by atoms with E-state index in [-0.39, 0.29) is 16.6 Å². The standard InChI is InChI=1S/C7H8N2O5S2/c1-4(10)5-2-15-7(8-5)9-16(13,14)3-6(11)12/h2H,3H2,1H3,(H,8,9)(H,11,12). The van der Waals surface area contributed by atoms with E-state index in [1.54, 1.807) is 0 Å². The van der Waals surface area contributed by atoms with Gasteiger partial charge in [-0.25, -0.2) is 13.4 Å². The van der Waals surface area contributed by atoms with Gasteiger partial charge in [0.15, 0.2) is 16.7 Å². The number of rotatable bonds is 5. The summed E-state index contributed by atoms with van der Waals surface area (Å²) in [5, 5.41) is 9.70. The van der Waals surface area contributed by atoms with E-state index in [0.717, 1.165) is 11.3 Å². The third-order valence-corrected chi connectivity index (χ3v) is 3.44. The Kier molecular flexibility index (Phi) is 3.60. The Balaban J connectivity index is 2.80. The lowest BCUT2D eigenvalue weighted by Crippen LogP contribution is -2.22. The molecule has 7 nitrogen and oxygen atoms in total. The van der Waals surface area contributed by atoms with Crippen LogP contribution in [0.4, 0.5) is 5.13 Å². The van der Waals surface area contributed by atoms with Gasteiger partial charge in [-0.05, 0) is 0 Å². The summed E-state index contributed by atoms with van der Waals surface area (Å²) >= 11 is 0.917. The van der Waals surface area contributed by atoms with Gasteiger partial charge in [0, 0.05) is 12.3 Å². The molecule has 0 spiro atoms. The highest BCUT2D eigenvalue weighted by Gasteiger charge is 2.17. The lowest BCUT2D eigenvalue weighted by atomic mass is 10.4. The van der Waals surface area contributed by atoms with Crippen LogP contribution in [0.1, 0.15) is 17.4 Å². The summed E-state index contributed by atoms with van der Waals surface area (Å²) in [5.74, 6) is -2.79. The van der Waals surface area contributed by atoms with Crippen LogP contribution in [0.5, 0.6) is 0 Å². The molecule has 1 heterocycles. The van der Waals surface area contributed by atoms with Gasteiger partial charge < -0.3 is 5.11 Å². The number of carboxylic acids is 1. The molecule has 0 atom stereocenters. The van der Waals surface area contributed by atoms with E-state index in [9.17, 15) is 18.0 Å². The van der Waals surface area contributed by atoms with Crippen LogP contribution >= 0.6 is 11.3 Å². The maximum absolute atomic E-state index is 11.2. The number of hydrogen-bond acceptors (Lipinski definition) is 6. The van der Waals surface area contributed by atoms with Crippen molar-refractivity contribution in [1.29, 1.82) is 0 Å². The molecule has 0 amide bonds. The zero-order chi connectivity index (χ0) is 12.3. The van der Waals surface area contributed by atoms with Crippen LogP contribution in [0.15, 0.2) is 5.38 Å². The smallest absolute Gasteiger partial charge is 0.320 e. The molecule has 0 aliphatic carbocycles. The molecule has 0 radical (unpaired) electrons. The fourth-order valence-corrected chi connectivity index (χ4v) is 2.69. The fourth-order valence-electron chi connectivity index (χ4n) is 0.814. The lowest BCUT2D eigenvalue weighted by Gasteiger charge is -2.00. The normalized spacial score (nSPS) is 11.1. The van der Waals surface area contributed by atoms with Gasteiger partial charge in [-0.1, -0.05) is 0 Å². The van der Waals surface area contributed by atoms with Gasteiger partial charge in [0.1, 0.15) is 5.69 Å². The zero-order valence-corrected chi connectivity index (χ0v) is 9.76. The number of Topliss-reactive ketones (excluding diaryl/α,β-unsaturated/α-hetero) is 1. The summed E-state index contributed by atoms with van der Waals surface area (Å²) in [6.45, 7) is 1.30. The highest BCUT2D eigenvalue weighted by atomic mass is 32.2. The summed E-state index contributed by atoms with van der Waals surface area (Å²) in [7, 11) is -3.96. The Labute approximate surface area is 95.2 Å². The second-order valence-corrected chi connectivity index (χ2v) is 5.43. The molecule has 0 aliphatic rings. The van der Waals surface area contributed by atoms with Crippen molar-refractivity contribution in [1.82, 2.24) is 4.98 Å². The molecule has 1 rings (SSSR count). The highest BCUT2D eigenvalue weighted by molar-refractivity contribution is 7.93. The zero-order valence-electron chi connectivity index (χ0n) is 8.13. The predicted octanol–water partition coefficient (Wildman–Crippen LogP) is 0.172. The number of carbonyl (C=O) groups excluding carboxylic acids is 1. The van der Waals surface area contributed by atoms with E-state index in [2.05, 4.69) is 4.98 Å². The second kappa shape index (κ2) is 4.58. The van der Waals surface area contributed by atoms with Crippen LogP contribution in [-0.4, -0.2) is 36.0 Å². The Morgan fingerprint density at radius 2 is 2.19 bits per heavy atom. The van der Waals surface area contributed by atoms with E-state index >= 15 is 0 Å². The van der Waals surface area contributed by atoms with Crippen molar-refractivity contribution in [2.24, 2.45) is 0 Å². The van der Waals surface area contributed by atoms with Crippen molar-refractivity contribution in [2.45, 2.75) is 6.92 Å². The Morgan fingerprint density at radius 1 is 1.56 bits per heavy atom. The number of hydrogen-bond donors (Lipinski definition) is 2. The minimum atomic E-state index is -3.96. The Bertz CT molecular complexity index is 519. The van der Waals surface area contributed by atoms with Gasteiger partial charge >= 0.3 is 5.97 Å².